The summed E-state index contributed by atoms with van der Waals surface area (Å²) in [5, 5.41) is 11.3. The second-order valence-electron chi connectivity index (χ2n) is 7.68. The number of hydrogen-bond donors (Lipinski definition) is 1. The quantitative estimate of drug-likeness (QED) is 0.451. The Morgan fingerprint density at radius 3 is 2.39 bits per heavy atom. The van der Waals surface area contributed by atoms with E-state index in [0.717, 1.165) is 16.6 Å². The molecule has 0 fully saturated rings. The molecule has 0 spiro atoms. The van der Waals surface area contributed by atoms with Crippen molar-refractivity contribution in [1.82, 2.24) is 19.2 Å². The molecule has 5 rings (SSSR count). The van der Waals surface area contributed by atoms with Crippen LogP contribution in [0.15, 0.2) is 77.6 Å². The number of rotatable bonds is 5. The molecule has 1 N–H and O–H groups in total. The van der Waals surface area contributed by atoms with Crippen LogP contribution in [0.25, 0.3) is 28.1 Å². The van der Waals surface area contributed by atoms with Gasteiger partial charge < -0.3 is 10.1 Å². The number of fused-ring (bicyclic) bond motifs is 3. The highest BCUT2D eigenvalue weighted by Crippen LogP contribution is 2.24. The third-order valence-corrected chi connectivity index (χ3v) is 5.51. The Morgan fingerprint density at radius 1 is 0.939 bits per heavy atom. The van der Waals surface area contributed by atoms with Crippen molar-refractivity contribution in [3.05, 3.63) is 88.7 Å². The highest BCUT2D eigenvalue weighted by Gasteiger charge is 2.19. The summed E-state index contributed by atoms with van der Waals surface area (Å²) in [4.78, 5) is 26.3. The Bertz CT molecular complexity index is 1550. The number of nitrogens with zero attached hydrogens (tertiary/aromatic N) is 4. The van der Waals surface area contributed by atoms with Crippen molar-refractivity contribution in [2.45, 2.75) is 13.5 Å². The zero-order valence-electron chi connectivity index (χ0n) is 18.1. The van der Waals surface area contributed by atoms with Crippen molar-refractivity contribution in [1.29, 1.82) is 0 Å². The molecule has 3 aromatic carbocycles. The highest BCUT2D eigenvalue weighted by molar-refractivity contribution is 5.93. The molecule has 2 aromatic heterocycles. The SMILES string of the molecule is COc1ccccc1NC(=O)Cn1c(=O)c2nnc(-c3ccc(C)cc3)n2c2ccccc21. The fourth-order valence-corrected chi connectivity index (χ4v) is 3.89. The van der Waals surface area contributed by atoms with E-state index >= 15 is 0 Å². The summed E-state index contributed by atoms with van der Waals surface area (Å²) in [7, 11) is 1.54. The molecule has 0 bridgehead atoms. The van der Waals surface area contributed by atoms with Crippen molar-refractivity contribution in [3.63, 3.8) is 0 Å². The maximum absolute atomic E-state index is 13.4. The van der Waals surface area contributed by atoms with Crippen molar-refractivity contribution in [3.8, 4) is 17.1 Å². The van der Waals surface area contributed by atoms with Gasteiger partial charge in [0.25, 0.3) is 5.56 Å². The van der Waals surface area contributed by atoms with Crippen LogP contribution in [-0.2, 0) is 11.3 Å². The number of carbonyl (C=O) groups is 1. The molecule has 164 valence electrons. The van der Waals surface area contributed by atoms with Crippen molar-refractivity contribution in [2.24, 2.45) is 0 Å². The summed E-state index contributed by atoms with van der Waals surface area (Å²) in [5.41, 5.74) is 3.62. The molecule has 0 radical (unpaired) electrons. The Labute approximate surface area is 189 Å². The zero-order valence-corrected chi connectivity index (χ0v) is 18.1. The number of carbonyl (C=O) groups excluding carboxylic acids is 1. The summed E-state index contributed by atoms with van der Waals surface area (Å²) in [6.45, 7) is 1.83. The molecule has 5 aromatic rings. The summed E-state index contributed by atoms with van der Waals surface area (Å²) in [6, 6.07) is 22.4. The van der Waals surface area contributed by atoms with Gasteiger partial charge in [-0.3, -0.25) is 18.6 Å². The van der Waals surface area contributed by atoms with Gasteiger partial charge in [0.1, 0.15) is 12.3 Å². The van der Waals surface area contributed by atoms with E-state index in [2.05, 4.69) is 15.5 Å². The third kappa shape index (κ3) is 3.61. The van der Waals surface area contributed by atoms with Crippen molar-refractivity contribution >= 4 is 28.3 Å². The summed E-state index contributed by atoms with van der Waals surface area (Å²) >= 11 is 0. The van der Waals surface area contributed by atoms with Crippen LogP contribution in [0, 0.1) is 6.92 Å². The summed E-state index contributed by atoms with van der Waals surface area (Å²) in [5.74, 6) is 0.761. The van der Waals surface area contributed by atoms with E-state index in [9.17, 15) is 9.59 Å². The predicted octanol–water partition coefficient (Wildman–Crippen LogP) is 3.67. The van der Waals surface area contributed by atoms with E-state index in [1.165, 1.54) is 11.7 Å². The Balaban J connectivity index is 1.62. The van der Waals surface area contributed by atoms with Gasteiger partial charge in [0.05, 0.1) is 23.8 Å². The lowest BCUT2D eigenvalue weighted by atomic mass is 10.1. The zero-order chi connectivity index (χ0) is 22.9. The Hall–Kier alpha value is -4.46. The number of aryl methyl sites for hydroxylation is 1. The average molecular weight is 439 g/mol. The standard InChI is InChI=1S/C25H21N5O3/c1-16-11-13-17(14-12-16)23-27-28-24-25(32)29(19-8-4-5-9-20(19)30(23)24)15-22(31)26-18-7-3-6-10-21(18)33-2/h3-14H,15H2,1-2H3,(H,26,31). The van der Waals surface area contributed by atoms with Crippen molar-refractivity contribution in [2.75, 3.05) is 12.4 Å². The fourth-order valence-electron chi connectivity index (χ4n) is 3.89. The van der Waals surface area contributed by atoms with E-state index in [0.29, 0.717) is 22.8 Å². The minimum Gasteiger partial charge on any atom is -0.495 e. The average Bonchev–Trinajstić information content (AvgIpc) is 3.28. The van der Waals surface area contributed by atoms with Gasteiger partial charge in [-0.15, -0.1) is 10.2 Å². The Morgan fingerprint density at radius 2 is 1.64 bits per heavy atom. The fraction of sp³-hybridized carbons (Fsp3) is 0.120. The van der Waals surface area contributed by atoms with Gasteiger partial charge in [-0.05, 0) is 31.2 Å². The number of benzene rings is 3. The molecule has 1 amide bonds. The second kappa shape index (κ2) is 8.23. The van der Waals surface area contributed by atoms with Crippen LogP contribution in [0.4, 0.5) is 5.69 Å². The predicted molar refractivity (Wildman–Crippen MR) is 127 cm³/mol. The lowest BCUT2D eigenvalue weighted by Gasteiger charge is -2.14. The molecule has 0 aliphatic heterocycles. The normalized spacial score (nSPS) is 11.1. The molecule has 0 saturated carbocycles. The summed E-state index contributed by atoms with van der Waals surface area (Å²) < 4.78 is 8.46. The van der Waals surface area contributed by atoms with Crippen LogP contribution >= 0.6 is 0 Å². The van der Waals surface area contributed by atoms with Crippen LogP contribution in [0.1, 0.15) is 5.56 Å². The minimum absolute atomic E-state index is 0.161. The van der Waals surface area contributed by atoms with Gasteiger partial charge in [0.2, 0.25) is 11.6 Å². The first-order valence-electron chi connectivity index (χ1n) is 10.4. The third-order valence-electron chi connectivity index (χ3n) is 5.51. The van der Waals surface area contributed by atoms with Gasteiger partial charge in [-0.25, -0.2) is 0 Å². The number of amides is 1. The van der Waals surface area contributed by atoms with Gasteiger partial charge >= 0.3 is 0 Å². The first kappa shape index (κ1) is 20.4. The first-order chi connectivity index (χ1) is 16.1. The maximum atomic E-state index is 13.4. The van der Waals surface area contributed by atoms with Crippen LogP contribution in [0.3, 0.4) is 0 Å². The lowest BCUT2D eigenvalue weighted by Crippen LogP contribution is -2.29. The van der Waals surface area contributed by atoms with Crippen LogP contribution in [0.2, 0.25) is 0 Å². The number of hydrogen-bond acceptors (Lipinski definition) is 5. The largest absolute Gasteiger partial charge is 0.495 e. The lowest BCUT2D eigenvalue weighted by molar-refractivity contribution is -0.116. The molecular formula is C25H21N5O3. The molecule has 2 heterocycles. The van der Waals surface area contributed by atoms with Crippen LogP contribution < -0.4 is 15.6 Å². The molecule has 0 saturated heterocycles. The van der Waals surface area contributed by atoms with E-state index in [4.69, 9.17) is 4.74 Å². The minimum atomic E-state index is -0.394. The monoisotopic (exact) mass is 439 g/mol. The highest BCUT2D eigenvalue weighted by atomic mass is 16.5. The van der Waals surface area contributed by atoms with E-state index in [-0.39, 0.29) is 18.1 Å². The Kier molecular flexibility index (Phi) is 5.10. The molecule has 8 heteroatoms. The molecule has 33 heavy (non-hydrogen) atoms. The van der Waals surface area contributed by atoms with Gasteiger partial charge in [-0.2, -0.15) is 0 Å². The number of ether oxygens (including phenoxy) is 1. The topological polar surface area (TPSA) is 90.5 Å². The van der Waals surface area contributed by atoms with Crippen LogP contribution in [0.5, 0.6) is 5.75 Å². The first-order valence-corrected chi connectivity index (χ1v) is 10.4. The molecule has 0 aliphatic carbocycles. The van der Waals surface area contributed by atoms with Gasteiger partial charge in [0.15, 0.2) is 5.82 Å². The molecule has 0 aliphatic rings. The van der Waals surface area contributed by atoms with Crippen molar-refractivity contribution < 1.29 is 9.53 Å². The van der Waals surface area contributed by atoms with E-state index < -0.39 is 5.56 Å². The molecular weight excluding hydrogens is 418 g/mol. The number of anilines is 1. The van der Waals surface area contributed by atoms with E-state index in [1.54, 1.807) is 22.6 Å². The van der Waals surface area contributed by atoms with Gasteiger partial charge in [-0.1, -0.05) is 54.1 Å². The molecule has 8 nitrogen and oxygen atoms in total. The van der Waals surface area contributed by atoms with Gasteiger partial charge in [0, 0.05) is 5.56 Å². The number of para-hydroxylation sites is 4. The number of aromatic nitrogens is 4. The maximum Gasteiger partial charge on any atom is 0.297 e. The number of methoxy groups -OCH3 is 1. The molecule has 0 atom stereocenters. The van der Waals surface area contributed by atoms with Crippen LogP contribution in [-0.4, -0.2) is 32.2 Å². The molecule has 0 unspecified atom stereocenters. The smallest absolute Gasteiger partial charge is 0.297 e. The summed E-state index contributed by atoms with van der Waals surface area (Å²) in [6.07, 6.45) is 0. The second-order valence-corrected chi connectivity index (χ2v) is 7.68. The number of nitrogens with one attached hydrogen (secondary N) is 1. The van der Waals surface area contributed by atoms with E-state index in [1.807, 2.05) is 61.5 Å².